The Kier molecular flexibility index (Phi) is 6.57. The topological polar surface area (TPSA) is 52.8 Å². The molecule has 0 spiro atoms. The molecule has 3 aromatic rings. The van der Waals surface area contributed by atoms with E-state index in [-0.39, 0.29) is 5.91 Å². The van der Waals surface area contributed by atoms with E-state index in [1.54, 1.807) is 13.2 Å². The minimum absolute atomic E-state index is 0.297. The number of para-hydroxylation sites is 1. The molecule has 1 heterocycles. The van der Waals surface area contributed by atoms with E-state index in [2.05, 4.69) is 4.99 Å². The Morgan fingerprint density at radius 3 is 2.74 bits per heavy atom. The van der Waals surface area contributed by atoms with Crippen molar-refractivity contribution >= 4 is 33.5 Å². The van der Waals surface area contributed by atoms with Gasteiger partial charge in [0.25, 0.3) is 5.91 Å². The van der Waals surface area contributed by atoms with Crippen LogP contribution in [0, 0.1) is 0 Å². The third kappa shape index (κ3) is 4.72. The second kappa shape index (κ2) is 9.30. The van der Waals surface area contributed by atoms with Crippen molar-refractivity contribution in [1.82, 2.24) is 4.57 Å². The van der Waals surface area contributed by atoms with E-state index in [0.29, 0.717) is 24.6 Å². The lowest BCUT2D eigenvalue weighted by Gasteiger charge is -2.09. The fraction of sp³-hybridized carbons (Fsp3) is 0.238. The van der Waals surface area contributed by atoms with Crippen LogP contribution in [0.3, 0.4) is 0 Å². The Morgan fingerprint density at radius 2 is 2.00 bits per heavy atom. The number of aromatic nitrogens is 1. The molecule has 1 amide bonds. The zero-order chi connectivity index (χ0) is 19.1. The van der Waals surface area contributed by atoms with Crippen LogP contribution in [0.4, 0.5) is 0 Å². The van der Waals surface area contributed by atoms with Gasteiger partial charge in [0.05, 0.1) is 17.9 Å². The Labute approximate surface area is 162 Å². The van der Waals surface area contributed by atoms with E-state index in [0.717, 1.165) is 21.5 Å². The molecule has 0 unspecified atom stereocenters. The second-order valence-electron chi connectivity index (χ2n) is 5.76. The lowest BCUT2D eigenvalue weighted by molar-refractivity contribution is -0.113. The van der Waals surface area contributed by atoms with E-state index in [4.69, 9.17) is 9.47 Å². The first-order valence-corrected chi connectivity index (χ1v) is 9.60. The van der Waals surface area contributed by atoms with Crippen LogP contribution in [-0.4, -0.2) is 30.8 Å². The summed E-state index contributed by atoms with van der Waals surface area (Å²) in [5, 5.41) is 0. The number of carbonyl (C=O) groups excluding carboxylic acids is 1. The molecule has 6 heteroatoms. The Bertz CT molecular complexity index is 1000. The number of hydrogen-bond acceptors (Lipinski definition) is 4. The minimum Gasteiger partial charge on any atom is -0.492 e. The van der Waals surface area contributed by atoms with Crippen LogP contribution in [0.25, 0.3) is 16.3 Å². The SMILES string of the molecule is CCOc1cccc2sc(=NC(=O)C=Cc3ccccc3)n(CCOC)c12. The van der Waals surface area contributed by atoms with Crippen LogP contribution >= 0.6 is 11.3 Å². The molecule has 140 valence electrons. The second-order valence-corrected chi connectivity index (χ2v) is 6.77. The quantitative estimate of drug-likeness (QED) is 0.583. The third-order valence-corrected chi connectivity index (χ3v) is 4.95. The number of rotatable bonds is 7. The highest BCUT2D eigenvalue weighted by Gasteiger charge is 2.12. The summed E-state index contributed by atoms with van der Waals surface area (Å²) in [6.45, 7) is 3.64. The van der Waals surface area contributed by atoms with E-state index in [1.165, 1.54) is 17.4 Å². The number of ether oxygens (including phenoxy) is 2. The van der Waals surface area contributed by atoms with Crippen LogP contribution in [0.15, 0.2) is 59.6 Å². The lowest BCUT2D eigenvalue weighted by Crippen LogP contribution is -2.19. The first kappa shape index (κ1) is 19.1. The molecule has 0 saturated carbocycles. The molecule has 2 aromatic carbocycles. The number of hydrogen-bond donors (Lipinski definition) is 0. The number of benzene rings is 2. The molecule has 0 radical (unpaired) electrons. The van der Waals surface area contributed by atoms with Gasteiger partial charge in [-0.2, -0.15) is 4.99 Å². The molecule has 27 heavy (non-hydrogen) atoms. The fourth-order valence-corrected chi connectivity index (χ4v) is 3.79. The monoisotopic (exact) mass is 382 g/mol. The van der Waals surface area contributed by atoms with Gasteiger partial charge in [-0.05, 0) is 30.7 Å². The zero-order valence-electron chi connectivity index (χ0n) is 15.4. The highest BCUT2D eigenvalue weighted by atomic mass is 32.1. The average Bonchev–Trinajstić information content (AvgIpc) is 3.03. The van der Waals surface area contributed by atoms with Crippen molar-refractivity contribution in [1.29, 1.82) is 0 Å². The van der Waals surface area contributed by atoms with Crippen LogP contribution < -0.4 is 9.54 Å². The Hall–Kier alpha value is -2.70. The summed E-state index contributed by atoms with van der Waals surface area (Å²) in [6.07, 6.45) is 3.26. The van der Waals surface area contributed by atoms with Gasteiger partial charge in [0.15, 0.2) is 4.80 Å². The van der Waals surface area contributed by atoms with Gasteiger partial charge in [-0.3, -0.25) is 4.79 Å². The summed E-state index contributed by atoms with van der Waals surface area (Å²) in [4.78, 5) is 17.3. The molecule has 0 fully saturated rings. The summed E-state index contributed by atoms with van der Waals surface area (Å²) >= 11 is 1.47. The normalized spacial score (nSPS) is 12.1. The molecule has 0 aliphatic rings. The van der Waals surface area contributed by atoms with Gasteiger partial charge in [0.1, 0.15) is 11.3 Å². The highest BCUT2D eigenvalue weighted by molar-refractivity contribution is 7.16. The third-order valence-electron chi connectivity index (χ3n) is 3.91. The number of carbonyl (C=O) groups is 1. The molecule has 0 N–H and O–H groups in total. The first-order chi connectivity index (χ1) is 13.2. The molecular weight excluding hydrogens is 360 g/mol. The number of thiazole rings is 1. The van der Waals surface area contributed by atoms with Crippen LogP contribution in [-0.2, 0) is 16.1 Å². The van der Waals surface area contributed by atoms with E-state index >= 15 is 0 Å². The zero-order valence-corrected chi connectivity index (χ0v) is 16.2. The van der Waals surface area contributed by atoms with Gasteiger partial charge in [0, 0.05) is 19.7 Å². The van der Waals surface area contributed by atoms with Crippen LogP contribution in [0.2, 0.25) is 0 Å². The molecule has 5 nitrogen and oxygen atoms in total. The molecule has 0 atom stereocenters. The number of nitrogens with zero attached hydrogens (tertiary/aromatic N) is 2. The van der Waals surface area contributed by atoms with Crippen molar-refractivity contribution in [3.8, 4) is 5.75 Å². The van der Waals surface area contributed by atoms with E-state index < -0.39 is 0 Å². The molecule has 0 aliphatic heterocycles. The molecule has 3 rings (SSSR count). The minimum atomic E-state index is -0.297. The molecule has 0 saturated heterocycles. The summed E-state index contributed by atoms with van der Waals surface area (Å²) in [5.74, 6) is 0.491. The summed E-state index contributed by atoms with van der Waals surface area (Å²) in [6, 6.07) is 15.6. The van der Waals surface area contributed by atoms with Gasteiger partial charge in [-0.25, -0.2) is 0 Å². The van der Waals surface area contributed by atoms with E-state index in [1.807, 2.05) is 60.0 Å². The van der Waals surface area contributed by atoms with Crippen molar-refractivity contribution in [3.05, 3.63) is 65.0 Å². The van der Waals surface area contributed by atoms with Gasteiger partial charge >= 0.3 is 0 Å². The summed E-state index contributed by atoms with van der Waals surface area (Å²) < 4.78 is 14.0. The number of amides is 1. The van der Waals surface area contributed by atoms with Gasteiger partial charge in [-0.1, -0.05) is 47.7 Å². The van der Waals surface area contributed by atoms with Crippen molar-refractivity contribution in [2.24, 2.45) is 4.99 Å². The predicted octanol–water partition coefficient (Wildman–Crippen LogP) is 3.89. The standard InChI is InChI=1S/C21H22N2O3S/c1-3-26-17-10-7-11-18-20(17)23(14-15-25-2)21(27-18)22-19(24)13-12-16-8-5-4-6-9-16/h4-13H,3,14-15H2,1-2H3. The summed E-state index contributed by atoms with van der Waals surface area (Å²) in [5.41, 5.74) is 1.91. The maximum atomic E-state index is 12.4. The highest BCUT2D eigenvalue weighted by Crippen LogP contribution is 2.27. The van der Waals surface area contributed by atoms with Crippen molar-refractivity contribution < 1.29 is 14.3 Å². The summed E-state index contributed by atoms with van der Waals surface area (Å²) in [7, 11) is 1.66. The maximum Gasteiger partial charge on any atom is 0.272 e. The van der Waals surface area contributed by atoms with E-state index in [9.17, 15) is 4.79 Å². The van der Waals surface area contributed by atoms with Gasteiger partial charge < -0.3 is 14.0 Å². The molecular formula is C21H22N2O3S. The van der Waals surface area contributed by atoms with Crippen molar-refractivity contribution in [2.45, 2.75) is 13.5 Å². The lowest BCUT2D eigenvalue weighted by atomic mass is 10.2. The number of methoxy groups -OCH3 is 1. The van der Waals surface area contributed by atoms with Gasteiger partial charge in [-0.15, -0.1) is 0 Å². The Morgan fingerprint density at radius 1 is 1.19 bits per heavy atom. The van der Waals surface area contributed by atoms with Crippen LogP contribution in [0.1, 0.15) is 12.5 Å². The molecule has 1 aromatic heterocycles. The molecule has 0 bridgehead atoms. The maximum absolute atomic E-state index is 12.4. The van der Waals surface area contributed by atoms with Crippen LogP contribution in [0.5, 0.6) is 5.75 Å². The van der Waals surface area contributed by atoms with Crippen molar-refractivity contribution in [3.63, 3.8) is 0 Å². The smallest absolute Gasteiger partial charge is 0.272 e. The Balaban J connectivity index is 2.01. The first-order valence-electron chi connectivity index (χ1n) is 8.79. The average molecular weight is 382 g/mol. The number of fused-ring (bicyclic) bond motifs is 1. The fourth-order valence-electron chi connectivity index (χ4n) is 2.71. The molecule has 0 aliphatic carbocycles. The largest absolute Gasteiger partial charge is 0.492 e. The predicted molar refractivity (Wildman–Crippen MR) is 109 cm³/mol. The van der Waals surface area contributed by atoms with Gasteiger partial charge in [0.2, 0.25) is 0 Å². The van der Waals surface area contributed by atoms with Crippen molar-refractivity contribution in [2.75, 3.05) is 20.3 Å².